The molecule has 3 fully saturated rings. The standard InChI is InChI=1S/C20H26N4O4/c1-28-17-5-4-14(12-21-17)18(26)24-11-7-15-20(13-24,8-6-16(25)22-15)19(27)23-9-2-3-10-23/h4-5,12,15H,2-3,6-11,13H2,1H3,(H,22,25)/t15-,20+/m1/s1. The lowest BCUT2D eigenvalue weighted by Crippen LogP contribution is -2.67. The Labute approximate surface area is 164 Å². The van der Waals surface area contributed by atoms with Crippen molar-refractivity contribution in [2.45, 2.75) is 38.1 Å². The summed E-state index contributed by atoms with van der Waals surface area (Å²) in [6.07, 6.45) is 4.93. The molecular weight excluding hydrogens is 360 g/mol. The molecule has 0 spiro atoms. The van der Waals surface area contributed by atoms with Crippen molar-refractivity contribution in [3.8, 4) is 5.88 Å². The summed E-state index contributed by atoms with van der Waals surface area (Å²) in [6.45, 7) is 2.36. The van der Waals surface area contributed by atoms with Gasteiger partial charge in [0.15, 0.2) is 0 Å². The molecular formula is C20H26N4O4. The molecule has 150 valence electrons. The summed E-state index contributed by atoms with van der Waals surface area (Å²) >= 11 is 0. The van der Waals surface area contributed by atoms with Gasteiger partial charge in [-0.1, -0.05) is 0 Å². The minimum atomic E-state index is -0.730. The molecule has 0 aromatic carbocycles. The number of carbonyl (C=O) groups is 3. The number of piperidine rings is 2. The number of nitrogens with one attached hydrogen (secondary N) is 1. The van der Waals surface area contributed by atoms with E-state index in [1.807, 2.05) is 4.90 Å². The number of likely N-dealkylation sites (tertiary alicyclic amines) is 2. The van der Waals surface area contributed by atoms with E-state index in [0.29, 0.717) is 43.8 Å². The van der Waals surface area contributed by atoms with Gasteiger partial charge in [-0.3, -0.25) is 14.4 Å². The third kappa shape index (κ3) is 3.21. The van der Waals surface area contributed by atoms with Gasteiger partial charge in [0.25, 0.3) is 5.91 Å². The van der Waals surface area contributed by atoms with Gasteiger partial charge in [0.2, 0.25) is 17.7 Å². The number of rotatable bonds is 3. The van der Waals surface area contributed by atoms with Gasteiger partial charge in [-0.05, 0) is 31.7 Å². The van der Waals surface area contributed by atoms with Crippen molar-refractivity contribution >= 4 is 17.7 Å². The topological polar surface area (TPSA) is 91.8 Å². The van der Waals surface area contributed by atoms with Crippen LogP contribution in [0.3, 0.4) is 0 Å². The Balaban J connectivity index is 1.58. The van der Waals surface area contributed by atoms with Gasteiger partial charge in [-0.15, -0.1) is 0 Å². The average molecular weight is 386 g/mol. The van der Waals surface area contributed by atoms with E-state index < -0.39 is 5.41 Å². The number of amides is 3. The summed E-state index contributed by atoms with van der Waals surface area (Å²) < 4.78 is 5.05. The molecule has 0 saturated carbocycles. The summed E-state index contributed by atoms with van der Waals surface area (Å²) in [7, 11) is 1.53. The lowest BCUT2D eigenvalue weighted by Gasteiger charge is -2.50. The van der Waals surface area contributed by atoms with Crippen molar-refractivity contribution in [1.82, 2.24) is 20.1 Å². The van der Waals surface area contributed by atoms with E-state index in [2.05, 4.69) is 10.3 Å². The first-order chi connectivity index (χ1) is 13.5. The summed E-state index contributed by atoms with van der Waals surface area (Å²) in [6, 6.07) is 3.14. The van der Waals surface area contributed by atoms with E-state index in [4.69, 9.17) is 4.74 Å². The van der Waals surface area contributed by atoms with Gasteiger partial charge in [-0.2, -0.15) is 0 Å². The molecule has 1 N–H and O–H groups in total. The van der Waals surface area contributed by atoms with Crippen molar-refractivity contribution < 1.29 is 19.1 Å². The highest BCUT2D eigenvalue weighted by Crippen LogP contribution is 2.40. The summed E-state index contributed by atoms with van der Waals surface area (Å²) in [5.41, 5.74) is -0.255. The number of ether oxygens (including phenoxy) is 1. The first-order valence-corrected chi connectivity index (χ1v) is 9.91. The van der Waals surface area contributed by atoms with Crippen LogP contribution in [0.4, 0.5) is 0 Å². The van der Waals surface area contributed by atoms with Crippen molar-refractivity contribution in [2.75, 3.05) is 33.3 Å². The van der Waals surface area contributed by atoms with Crippen LogP contribution in [0.25, 0.3) is 0 Å². The Morgan fingerprint density at radius 3 is 2.68 bits per heavy atom. The minimum Gasteiger partial charge on any atom is -0.481 e. The van der Waals surface area contributed by atoms with Crippen molar-refractivity contribution in [3.63, 3.8) is 0 Å². The second-order valence-electron chi connectivity index (χ2n) is 7.88. The van der Waals surface area contributed by atoms with E-state index in [0.717, 1.165) is 25.9 Å². The van der Waals surface area contributed by atoms with Crippen LogP contribution in [0.2, 0.25) is 0 Å². The first kappa shape index (κ1) is 18.7. The van der Waals surface area contributed by atoms with Gasteiger partial charge in [0, 0.05) is 50.9 Å². The predicted molar refractivity (Wildman–Crippen MR) is 101 cm³/mol. The maximum absolute atomic E-state index is 13.5. The highest BCUT2D eigenvalue weighted by molar-refractivity contribution is 5.95. The summed E-state index contributed by atoms with van der Waals surface area (Å²) in [4.78, 5) is 46.3. The maximum atomic E-state index is 13.5. The third-order valence-corrected chi connectivity index (χ3v) is 6.26. The van der Waals surface area contributed by atoms with Crippen LogP contribution in [-0.2, 0) is 9.59 Å². The zero-order valence-corrected chi connectivity index (χ0v) is 16.1. The van der Waals surface area contributed by atoms with Crippen LogP contribution in [0.1, 0.15) is 42.5 Å². The number of hydrogen-bond donors (Lipinski definition) is 1. The van der Waals surface area contributed by atoms with E-state index in [9.17, 15) is 14.4 Å². The number of hydrogen-bond acceptors (Lipinski definition) is 5. The Bertz CT molecular complexity index is 775. The first-order valence-electron chi connectivity index (χ1n) is 9.91. The molecule has 4 heterocycles. The molecule has 8 nitrogen and oxygen atoms in total. The number of aromatic nitrogens is 1. The highest BCUT2D eigenvalue weighted by atomic mass is 16.5. The molecule has 3 saturated heterocycles. The van der Waals surface area contributed by atoms with Gasteiger partial charge in [0.05, 0.1) is 18.1 Å². The molecule has 0 unspecified atom stereocenters. The fourth-order valence-electron chi connectivity index (χ4n) is 4.70. The lowest BCUT2D eigenvalue weighted by molar-refractivity contribution is -0.151. The minimum absolute atomic E-state index is 0.00558. The second-order valence-corrected chi connectivity index (χ2v) is 7.88. The number of pyridine rings is 1. The van der Waals surface area contributed by atoms with Crippen LogP contribution < -0.4 is 10.1 Å². The maximum Gasteiger partial charge on any atom is 0.255 e. The lowest BCUT2D eigenvalue weighted by atomic mass is 9.69. The molecule has 0 bridgehead atoms. The van der Waals surface area contributed by atoms with Crippen LogP contribution >= 0.6 is 0 Å². The highest BCUT2D eigenvalue weighted by Gasteiger charge is 2.54. The van der Waals surface area contributed by atoms with Crippen molar-refractivity contribution in [1.29, 1.82) is 0 Å². The largest absolute Gasteiger partial charge is 0.481 e. The third-order valence-electron chi connectivity index (χ3n) is 6.26. The SMILES string of the molecule is COc1ccc(C(=O)N2CC[C@H]3NC(=O)CC[C@]3(C(=O)N3CCCC3)C2)cn1. The van der Waals surface area contributed by atoms with Crippen LogP contribution in [0.5, 0.6) is 5.88 Å². The smallest absolute Gasteiger partial charge is 0.255 e. The fourth-order valence-corrected chi connectivity index (χ4v) is 4.70. The molecule has 0 radical (unpaired) electrons. The zero-order chi connectivity index (χ0) is 19.7. The quantitative estimate of drug-likeness (QED) is 0.831. The molecule has 28 heavy (non-hydrogen) atoms. The molecule has 2 atom stereocenters. The monoisotopic (exact) mass is 386 g/mol. The molecule has 1 aromatic rings. The summed E-state index contributed by atoms with van der Waals surface area (Å²) in [5.74, 6) is 0.388. The molecule has 8 heteroatoms. The Morgan fingerprint density at radius 2 is 2.00 bits per heavy atom. The van der Waals surface area contributed by atoms with E-state index in [1.54, 1.807) is 17.0 Å². The van der Waals surface area contributed by atoms with E-state index in [-0.39, 0.29) is 23.8 Å². The molecule has 3 aliphatic heterocycles. The number of nitrogens with zero attached hydrogens (tertiary/aromatic N) is 3. The Morgan fingerprint density at radius 1 is 1.21 bits per heavy atom. The van der Waals surface area contributed by atoms with Crippen molar-refractivity contribution in [2.24, 2.45) is 5.41 Å². The Kier molecular flexibility index (Phi) is 4.95. The molecule has 3 amide bonds. The Hall–Kier alpha value is -2.64. The van der Waals surface area contributed by atoms with Crippen LogP contribution in [0.15, 0.2) is 18.3 Å². The predicted octanol–water partition coefficient (Wildman–Crippen LogP) is 0.823. The normalized spacial score (nSPS) is 27.2. The molecule has 0 aliphatic carbocycles. The average Bonchev–Trinajstić information content (AvgIpc) is 3.27. The molecule has 4 rings (SSSR count). The van der Waals surface area contributed by atoms with Crippen LogP contribution in [0, 0.1) is 5.41 Å². The number of carbonyl (C=O) groups excluding carboxylic acids is 3. The fraction of sp³-hybridized carbons (Fsp3) is 0.600. The number of fused-ring (bicyclic) bond motifs is 1. The van der Waals surface area contributed by atoms with Gasteiger partial charge < -0.3 is 19.9 Å². The summed E-state index contributed by atoms with van der Waals surface area (Å²) in [5, 5.41) is 3.02. The zero-order valence-electron chi connectivity index (χ0n) is 16.1. The van der Waals surface area contributed by atoms with Gasteiger partial charge >= 0.3 is 0 Å². The van der Waals surface area contributed by atoms with Gasteiger partial charge in [0.1, 0.15) is 0 Å². The van der Waals surface area contributed by atoms with E-state index in [1.165, 1.54) is 13.3 Å². The molecule has 3 aliphatic rings. The number of methoxy groups -OCH3 is 1. The van der Waals surface area contributed by atoms with E-state index >= 15 is 0 Å². The second kappa shape index (κ2) is 7.41. The van der Waals surface area contributed by atoms with Gasteiger partial charge in [-0.25, -0.2) is 4.98 Å². The van der Waals surface area contributed by atoms with Crippen LogP contribution in [-0.4, -0.2) is 71.8 Å². The molecule has 1 aromatic heterocycles. The van der Waals surface area contributed by atoms with Crippen molar-refractivity contribution in [3.05, 3.63) is 23.9 Å².